The van der Waals surface area contributed by atoms with Gasteiger partial charge in [0.1, 0.15) is 17.4 Å². The van der Waals surface area contributed by atoms with Gasteiger partial charge >= 0.3 is 12.1 Å². The lowest BCUT2D eigenvalue weighted by Gasteiger charge is -2.22. The number of amides is 3. The Kier molecular flexibility index (Phi) is 11.6. The second-order valence-electron chi connectivity index (χ2n) is 9.72. The van der Waals surface area contributed by atoms with Gasteiger partial charge in [0.15, 0.2) is 11.5 Å². The summed E-state index contributed by atoms with van der Waals surface area (Å²) in [6.45, 7) is 5.33. The standard InChI is InChI=1S/C28H37N3O8/c1-28(2,3)39-27(35)31-21(17-24(29)32)26(34)30-15-14-18-6-10-20(11-7-18)38-23-16-19(8-12-22(23)36-4)9-13-25(33)37-5/h6-8,10-12,16,21H,9,13-15,17H2,1-5H3,(H2,29,32)(H,30,34)(H,31,35)/t21-/m0/s1. The third-order valence-electron chi connectivity index (χ3n) is 5.35. The molecule has 0 aromatic heterocycles. The Bertz CT molecular complexity index is 1140. The number of hydrogen-bond acceptors (Lipinski definition) is 8. The molecule has 2 rings (SSSR count). The van der Waals surface area contributed by atoms with Gasteiger partial charge in [-0.1, -0.05) is 18.2 Å². The van der Waals surface area contributed by atoms with Crippen LogP contribution >= 0.6 is 0 Å². The molecule has 0 unspecified atom stereocenters. The zero-order chi connectivity index (χ0) is 29.0. The minimum Gasteiger partial charge on any atom is -0.493 e. The van der Waals surface area contributed by atoms with Gasteiger partial charge in [0.05, 0.1) is 20.6 Å². The minimum absolute atomic E-state index is 0.258. The van der Waals surface area contributed by atoms with Gasteiger partial charge in [-0.2, -0.15) is 0 Å². The number of ether oxygens (including phenoxy) is 4. The summed E-state index contributed by atoms with van der Waals surface area (Å²) in [5, 5.41) is 5.10. The van der Waals surface area contributed by atoms with Crippen LogP contribution in [-0.4, -0.2) is 56.3 Å². The number of hydrogen-bond donors (Lipinski definition) is 3. The van der Waals surface area contributed by atoms with E-state index in [1.807, 2.05) is 24.3 Å². The Balaban J connectivity index is 1.94. The minimum atomic E-state index is -1.15. The largest absolute Gasteiger partial charge is 0.493 e. The van der Waals surface area contributed by atoms with E-state index in [1.54, 1.807) is 46.1 Å². The first-order valence-electron chi connectivity index (χ1n) is 12.5. The normalized spacial score (nSPS) is 11.6. The number of benzene rings is 2. The molecule has 2 aromatic rings. The highest BCUT2D eigenvalue weighted by Gasteiger charge is 2.25. The molecule has 4 N–H and O–H groups in total. The molecule has 0 saturated carbocycles. The summed E-state index contributed by atoms with van der Waals surface area (Å²) in [6.07, 6.45) is 0.0858. The molecular formula is C28H37N3O8. The molecular weight excluding hydrogens is 506 g/mol. The number of esters is 1. The lowest BCUT2D eigenvalue weighted by atomic mass is 10.1. The van der Waals surface area contributed by atoms with E-state index in [-0.39, 0.29) is 25.4 Å². The molecule has 0 spiro atoms. The van der Waals surface area contributed by atoms with Crippen LogP contribution in [-0.2, 0) is 36.7 Å². The number of alkyl carbamates (subject to hydrolysis) is 1. The maximum Gasteiger partial charge on any atom is 0.408 e. The predicted octanol–water partition coefficient (Wildman–Crippen LogP) is 3.02. The lowest BCUT2D eigenvalue weighted by molar-refractivity contribution is -0.140. The van der Waals surface area contributed by atoms with Crippen molar-refractivity contribution >= 4 is 23.9 Å². The Morgan fingerprint density at radius 3 is 2.18 bits per heavy atom. The first kappa shape index (κ1) is 30.9. The maximum atomic E-state index is 12.6. The summed E-state index contributed by atoms with van der Waals surface area (Å²) >= 11 is 0. The average Bonchev–Trinajstić information content (AvgIpc) is 2.86. The molecule has 39 heavy (non-hydrogen) atoms. The first-order chi connectivity index (χ1) is 18.4. The van der Waals surface area contributed by atoms with E-state index >= 15 is 0 Å². The number of nitrogens with two attached hydrogens (primary N) is 1. The molecule has 0 saturated heterocycles. The van der Waals surface area contributed by atoms with Gasteiger partial charge in [-0.15, -0.1) is 0 Å². The van der Waals surface area contributed by atoms with Crippen LogP contribution in [0.4, 0.5) is 4.79 Å². The van der Waals surface area contributed by atoms with Gasteiger partial charge in [-0.05, 0) is 69.0 Å². The van der Waals surface area contributed by atoms with Crippen molar-refractivity contribution in [1.82, 2.24) is 10.6 Å². The van der Waals surface area contributed by atoms with Crippen LogP contribution in [0.25, 0.3) is 0 Å². The Morgan fingerprint density at radius 2 is 1.59 bits per heavy atom. The quantitative estimate of drug-likeness (QED) is 0.326. The molecule has 0 bridgehead atoms. The Morgan fingerprint density at radius 1 is 0.923 bits per heavy atom. The summed E-state index contributed by atoms with van der Waals surface area (Å²) in [6, 6.07) is 11.6. The van der Waals surface area contributed by atoms with Crippen molar-refractivity contribution in [2.75, 3.05) is 20.8 Å². The SMILES string of the molecule is COC(=O)CCc1ccc(OC)c(Oc2ccc(CCNC(=O)[C@H](CC(N)=O)NC(=O)OC(C)(C)C)cc2)c1. The lowest BCUT2D eigenvalue weighted by Crippen LogP contribution is -2.50. The van der Waals surface area contributed by atoms with Crippen molar-refractivity contribution in [1.29, 1.82) is 0 Å². The molecule has 0 heterocycles. The van der Waals surface area contributed by atoms with Gasteiger partial charge in [-0.3, -0.25) is 14.4 Å². The summed E-state index contributed by atoms with van der Waals surface area (Å²) in [4.78, 5) is 47.4. The third-order valence-corrected chi connectivity index (χ3v) is 5.35. The molecule has 3 amide bonds. The highest BCUT2D eigenvalue weighted by Crippen LogP contribution is 2.33. The summed E-state index contributed by atoms with van der Waals surface area (Å²) < 4.78 is 21.2. The fourth-order valence-electron chi connectivity index (χ4n) is 3.47. The van der Waals surface area contributed by atoms with Crippen LogP contribution in [0, 0.1) is 0 Å². The molecule has 0 radical (unpaired) electrons. The number of primary amides is 1. The van der Waals surface area contributed by atoms with Gasteiger partial charge < -0.3 is 35.3 Å². The first-order valence-corrected chi connectivity index (χ1v) is 12.5. The fourth-order valence-corrected chi connectivity index (χ4v) is 3.47. The molecule has 0 fully saturated rings. The van der Waals surface area contributed by atoms with Crippen molar-refractivity contribution in [3.63, 3.8) is 0 Å². The topological polar surface area (TPSA) is 155 Å². The van der Waals surface area contributed by atoms with Gasteiger partial charge in [0, 0.05) is 13.0 Å². The van der Waals surface area contributed by atoms with Gasteiger partial charge in [0.25, 0.3) is 0 Å². The molecule has 212 valence electrons. The smallest absolute Gasteiger partial charge is 0.408 e. The van der Waals surface area contributed by atoms with Gasteiger partial charge in [0.2, 0.25) is 11.8 Å². The van der Waals surface area contributed by atoms with E-state index in [4.69, 9.17) is 24.7 Å². The fraction of sp³-hybridized carbons (Fsp3) is 0.429. The predicted molar refractivity (Wildman–Crippen MR) is 144 cm³/mol. The zero-order valence-corrected chi connectivity index (χ0v) is 23.0. The number of aryl methyl sites for hydroxylation is 1. The second kappa shape index (κ2) is 14.6. The monoisotopic (exact) mass is 543 g/mol. The highest BCUT2D eigenvalue weighted by molar-refractivity contribution is 5.90. The third kappa shape index (κ3) is 11.3. The summed E-state index contributed by atoms with van der Waals surface area (Å²) in [5.41, 5.74) is 6.30. The summed E-state index contributed by atoms with van der Waals surface area (Å²) in [5.74, 6) is 0.0789. The van der Waals surface area contributed by atoms with E-state index < -0.39 is 29.6 Å². The van der Waals surface area contributed by atoms with Crippen LogP contribution in [0.1, 0.15) is 44.7 Å². The van der Waals surface area contributed by atoms with Crippen molar-refractivity contribution < 1.29 is 38.1 Å². The van der Waals surface area contributed by atoms with Crippen molar-refractivity contribution in [3.8, 4) is 17.2 Å². The molecule has 11 heteroatoms. The molecule has 2 aromatic carbocycles. The van der Waals surface area contributed by atoms with E-state index in [2.05, 4.69) is 10.6 Å². The summed E-state index contributed by atoms with van der Waals surface area (Å²) in [7, 11) is 2.90. The van der Waals surface area contributed by atoms with Crippen molar-refractivity contribution in [2.45, 2.75) is 58.1 Å². The average molecular weight is 544 g/mol. The molecule has 11 nitrogen and oxygen atoms in total. The Labute approximate surface area is 228 Å². The molecule has 0 aliphatic heterocycles. The second-order valence-corrected chi connectivity index (χ2v) is 9.72. The molecule has 0 aliphatic rings. The van der Waals surface area contributed by atoms with Crippen molar-refractivity contribution in [3.05, 3.63) is 53.6 Å². The Hall–Kier alpha value is -4.28. The number of carbonyl (C=O) groups excluding carboxylic acids is 4. The van der Waals surface area contributed by atoms with E-state index in [0.717, 1.165) is 11.1 Å². The number of rotatable bonds is 13. The zero-order valence-electron chi connectivity index (χ0n) is 23.0. The number of carbonyl (C=O) groups is 4. The number of nitrogens with one attached hydrogen (secondary N) is 2. The maximum absolute atomic E-state index is 12.6. The van der Waals surface area contributed by atoms with Crippen LogP contribution in [0.5, 0.6) is 17.2 Å². The van der Waals surface area contributed by atoms with Crippen LogP contribution in [0.3, 0.4) is 0 Å². The highest BCUT2D eigenvalue weighted by atomic mass is 16.6. The van der Waals surface area contributed by atoms with Crippen LogP contribution < -0.4 is 25.8 Å². The van der Waals surface area contributed by atoms with Crippen LogP contribution in [0.2, 0.25) is 0 Å². The molecule has 1 atom stereocenters. The number of methoxy groups -OCH3 is 2. The van der Waals surface area contributed by atoms with Crippen molar-refractivity contribution in [2.24, 2.45) is 5.73 Å². The van der Waals surface area contributed by atoms with E-state index in [9.17, 15) is 19.2 Å². The van der Waals surface area contributed by atoms with Gasteiger partial charge in [-0.25, -0.2) is 4.79 Å². The van der Waals surface area contributed by atoms with E-state index in [0.29, 0.717) is 30.1 Å². The van der Waals surface area contributed by atoms with E-state index in [1.165, 1.54) is 7.11 Å². The van der Waals surface area contributed by atoms with Crippen LogP contribution in [0.15, 0.2) is 42.5 Å². The molecule has 0 aliphatic carbocycles.